The second-order valence-corrected chi connectivity index (χ2v) is 4.59. The number of rotatable bonds is 2. The molecule has 0 spiro atoms. The predicted molar refractivity (Wildman–Crippen MR) is 91.5 cm³/mol. The van der Waals surface area contributed by atoms with E-state index >= 15 is 0 Å². The summed E-state index contributed by atoms with van der Waals surface area (Å²) in [6.45, 7) is 5.85. The number of nitrogens with zero attached hydrogens (tertiary/aromatic N) is 4. The Morgan fingerprint density at radius 1 is 0.739 bits per heavy atom. The molecular formula is C19H18N4. The van der Waals surface area contributed by atoms with Gasteiger partial charge in [0.1, 0.15) is 5.82 Å². The zero-order valence-electron chi connectivity index (χ0n) is 13.5. The Kier molecular flexibility index (Phi) is 5.54. The maximum atomic E-state index is 8.84. The van der Waals surface area contributed by atoms with Crippen molar-refractivity contribution in [2.24, 2.45) is 0 Å². The van der Waals surface area contributed by atoms with Crippen LogP contribution in [0.25, 0.3) is 22.8 Å². The fourth-order valence-corrected chi connectivity index (χ4v) is 2.02. The highest BCUT2D eigenvalue weighted by atomic mass is 15.0. The molecule has 0 atom stereocenters. The molecular weight excluding hydrogens is 284 g/mol. The van der Waals surface area contributed by atoms with Crippen molar-refractivity contribution >= 4 is 0 Å². The number of aryl methyl sites for hydroxylation is 1. The normalized spacial score (nSPS) is 9.48. The molecule has 0 fully saturated rings. The molecule has 2 aromatic carbocycles. The molecule has 0 aliphatic carbocycles. The Morgan fingerprint density at radius 2 is 1.26 bits per heavy atom. The summed E-state index contributed by atoms with van der Waals surface area (Å²) < 4.78 is 0. The zero-order chi connectivity index (χ0) is 16.7. The summed E-state index contributed by atoms with van der Waals surface area (Å²) in [5.41, 5.74) is 2.45. The fraction of sp³-hybridized carbons (Fsp3) is 0.158. The van der Waals surface area contributed by atoms with E-state index in [4.69, 9.17) is 5.26 Å². The highest BCUT2D eigenvalue weighted by molar-refractivity contribution is 5.61. The number of aromatic nitrogens is 3. The molecule has 0 amide bonds. The first-order valence-electron chi connectivity index (χ1n) is 7.55. The van der Waals surface area contributed by atoms with Crippen LogP contribution in [0.4, 0.5) is 0 Å². The average Bonchev–Trinajstić information content (AvgIpc) is 2.64. The van der Waals surface area contributed by atoms with Crippen LogP contribution in [-0.4, -0.2) is 15.0 Å². The van der Waals surface area contributed by atoms with Crippen molar-refractivity contribution in [2.75, 3.05) is 0 Å². The van der Waals surface area contributed by atoms with Crippen molar-refractivity contribution in [1.82, 2.24) is 15.0 Å². The molecule has 3 rings (SSSR count). The van der Waals surface area contributed by atoms with E-state index in [1.807, 2.05) is 63.2 Å². The Balaban J connectivity index is 0.000000924. The van der Waals surface area contributed by atoms with Crippen molar-refractivity contribution in [2.45, 2.75) is 20.8 Å². The van der Waals surface area contributed by atoms with Crippen LogP contribution in [0.5, 0.6) is 0 Å². The third-order valence-corrected chi connectivity index (χ3v) is 3.05. The van der Waals surface area contributed by atoms with Crippen molar-refractivity contribution < 1.29 is 0 Å². The smallest absolute Gasteiger partial charge is 0.163 e. The van der Waals surface area contributed by atoms with Gasteiger partial charge < -0.3 is 0 Å². The molecule has 0 saturated carbocycles. The quantitative estimate of drug-likeness (QED) is 0.703. The molecule has 1 heterocycles. The van der Waals surface area contributed by atoms with Gasteiger partial charge in [0.05, 0.1) is 11.6 Å². The third kappa shape index (κ3) is 3.98. The van der Waals surface area contributed by atoms with Gasteiger partial charge in [-0.1, -0.05) is 44.2 Å². The Hall–Kier alpha value is -3.06. The van der Waals surface area contributed by atoms with Crippen LogP contribution in [0.15, 0.2) is 54.6 Å². The molecule has 0 aliphatic heterocycles. The molecule has 0 saturated heterocycles. The predicted octanol–water partition coefficient (Wildman–Crippen LogP) is 4.41. The first kappa shape index (κ1) is 16.3. The second-order valence-electron chi connectivity index (χ2n) is 4.59. The monoisotopic (exact) mass is 302 g/mol. The van der Waals surface area contributed by atoms with E-state index in [1.54, 1.807) is 12.1 Å². The molecule has 3 aromatic rings. The lowest BCUT2D eigenvalue weighted by Gasteiger charge is -2.05. The van der Waals surface area contributed by atoms with E-state index in [0.717, 1.165) is 11.1 Å². The highest BCUT2D eigenvalue weighted by Gasteiger charge is 2.08. The van der Waals surface area contributed by atoms with E-state index in [9.17, 15) is 0 Å². The SMILES string of the molecule is CC.Cc1nc(-c2ccccc2)nc(-c2ccc(C#N)cc2)n1. The van der Waals surface area contributed by atoms with Crippen LogP contribution >= 0.6 is 0 Å². The largest absolute Gasteiger partial charge is 0.213 e. The van der Waals surface area contributed by atoms with Crippen LogP contribution in [-0.2, 0) is 0 Å². The molecule has 4 heteroatoms. The van der Waals surface area contributed by atoms with Crippen LogP contribution < -0.4 is 0 Å². The molecule has 0 aliphatic rings. The molecule has 0 unspecified atom stereocenters. The average molecular weight is 302 g/mol. The summed E-state index contributed by atoms with van der Waals surface area (Å²) in [4.78, 5) is 13.3. The van der Waals surface area contributed by atoms with Crippen molar-refractivity contribution in [3.63, 3.8) is 0 Å². The minimum atomic E-state index is 0.617. The van der Waals surface area contributed by atoms with E-state index < -0.39 is 0 Å². The summed E-state index contributed by atoms with van der Waals surface area (Å²) in [6.07, 6.45) is 0. The molecule has 4 nitrogen and oxygen atoms in total. The molecule has 1 aromatic heterocycles. The number of nitriles is 1. The molecule has 0 N–H and O–H groups in total. The molecule has 23 heavy (non-hydrogen) atoms. The summed E-state index contributed by atoms with van der Waals surface area (Å²) in [5, 5.41) is 8.84. The first-order chi connectivity index (χ1) is 11.3. The van der Waals surface area contributed by atoms with Gasteiger partial charge in [-0.3, -0.25) is 0 Å². The van der Waals surface area contributed by atoms with Crippen LogP contribution in [0, 0.1) is 18.3 Å². The molecule has 0 radical (unpaired) electrons. The van der Waals surface area contributed by atoms with Gasteiger partial charge in [0, 0.05) is 11.1 Å². The summed E-state index contributed by atoms with van der Waals surface area (Å²) in [7, 11) is 0. The summed E-state index contributed by atoms with van der Waals surface area (Å²) in [6, 6.07) is 19.1. The van der Waals surface area contributed by atoms with Crippen molar-refractivity contribution in [3.8, 4) is 28.8 Å². The Morgan fingerprint density at radius 3 is 1.78 bits per heavy atom. The minimum Gasteiger partial charge on any atom is -0.213 e. The maximum absolute atomic E-state index is 8.84. The van der Waals surface area contributed by atoms with Gasteiger partial charge >= 0.3 is 0 Å². The minimum absolute atomic E-state index is 0.617. The zero-order valence-corrected chi connectivity index (χ0v) is 13.5. The lowest BCUT2D eigenvalue weighted by Crippen LogP contribution is -1.99. The highest BCUT2D eigenvalue weighted by Crippen LogP contribution is 2.20. The van der Waals surface area contributed by atoms with Crippen LogP contribution in [0.1, 0.15) is 25.2 Å². The van der Waals surface area contributed by atoms with Gasteiger partial charge in [0.2, 0.25) is 0 Å². The van der Waals surface area contributed by atoms with Gasteiger partial charge in [-0.15, -0.1) is 0 Å². The second kappa shape index (κ2) is 7.81. The van der Waals surface area contributed by atoms with Crippen molar-refractivity contribution in [1.29, 1.82) is 5.26 Å². The van der Waals surface area contributed by atoms with E-state index in [2.05, 4.69) is 21.0 Å². The van der Waals surface area contributed by atoms with Crippen LogP contribution in [0.2, 0.25) is 0 Å². The number of hydrogen-bond acceptors (Lipinski definition) is 4. The van der Waals surface area contributed by atoms with Gasteiger partial charge in [0.25, 0.3) is 0 Å². The fourth-order valence-electron chi connectivity index (χ4n) is 2.02. The van der Waals surface area contributed by atoms with Crippen LogP contribution in [0.3, 0.4) is 0 Å². The lowest BCUT2D eigenvalue weighted by molar-refractivity contribution is 0.992. The van der Waals surface area contributed by atoms with E-state index in [-0.39, 0.29) is 0 Å². The molecule has 114 valence electrons. The standard InChI is InChI=1S/C17H12N4.C2H6/c1-12-19-16(14-5-3-2-4-6-14)21-17(20-12)15-9-7-13(11-18)8-10-15;1-2/h2-10H,1H3;1-2H3. The van der Waals surface area contributed by atoms with Gasteiger partial charge in [-0.25, -0.2) is 15.0 Å². The summed E-state index contributed by atoms with van der Waals surface area (Å²) in [5.74, 6) is 1.94. The topological polar surface area (TPSA) is 62.5 Å². The number of benzene rings is 2. The lowest BCUT2D eigenvalue weighted by atomic mass is 10.1. The van der Waals surface area contributed by atoms with E-state index in [0.29, 0.717) is 23.0 Å². The van der Waals surface area contributed by atoms with Gasteiger partial charge in [0.15, 0.2) is 11.6 Å². The molecule has 0 bridgehead atoms. The van der Waals surface area contributed by atoms with Gasteiger partial charge in [-0.2, -0.15) is 5.26 Å². The first-order valence-corrected chi connectivity index (χ1v) is 7.55. The van der Waals surface area contributed by atoms with E-state index in [1.165, 1.54) is 0 Å². The number of hydrogen-bond donors (Lipinski definition) is 0. The summed E-state index contributed by atoms with van der Waals surface area (Å²) >= 11 is 0. The van der Waals surface area contributed by atoms with Gasteiger partial charge in [-0.05, 0) is 31.2 Å². The Labute approximate surface area is 136 Å². The third-order valence-electron chi connectivity index (χ3n) is 3.05. The Bertz CT molecular complexity index is 803. The maximum Gasteiger partial charge on any atom is 0.163 e. The van der Waals surface area contributed by atoms with Crippen molar-refractivity contribution in [3.05, 3.63) is 66.0 Å².